The van der Waals surface area contributed by atoms with Gasteiger partial charge in [0.2, 0.25) is 11.8 Å². The summed E-state index contributed by atoms with van der Waals surface area (Å²) in [6.45, 7) is 4.35. The summed E-state index contributed by atoms with van der Waals surface area (Å²) in [5.74, 6) is -1.73. The van der Waals surface area contributed by atoms with Gasteiger partial charge in [0.25, 0.3) is 0 Å². The predicted octanol–water partition coefficient (Wildman–Crippen LogP) is 1.83. The van der Waals surface area contributed by atoms with Crippen molar-refractivity contribution in [2.24, 2.45) is 16.6 Å². The number of nitrogens with two attached hydrogens (primary N) is 2. The number of likely N-dealkylation sites (N-methyl/N-ethyl adjacent to an activating group) is 2. The Labute approximate surface area is 199 Å². The van der Waals surface area contributed by atoms with Crippen molar-refractivity contribution in [2.45, 2.75) is 44.7 Å². The summed E-state index contributed by atoms with van der Waals surface area (Å²) >= 11 is 0. The molecule has 0 aliphatic heterocycles. The number of primary amides is 1. The average Bonchev–Trinajstić information content (AvgIpc) is 2.81. The van der Waals surface area contributed by atoms with Gasteiger partial charge >= 0.3 is 0 Å². The maximum atomic E-state index is 13.8. The van der Waals surface area contributed by atoms with E-state index in [2.05, 4.69) is 10.4 Å². The molecule has 1 unspecified atom stereocenters. The molecule has 0 spiro atoms. The van der Waals surface area contributed by atoms with E-state index in [1.807, 2.05) is 67.6 Å². The molecule has 0 aliphatic carbocycles. The van der Waals surface area contributed by atoms with Crippen molar-refractivity contribution in [3.8, 4) is 0 Å². The summed E-state index contributed by atoms with van der Waals surface area (Å²) in [7, 11) is 0. The third-order valence-electron chi connectivity index (χ3n) is 5.57. The summed E-state index contributed by atoms with van der Waals surface area (Å²) < 4.78 is 0. The maximum Gasteiger partial charge on any atom is 0.240 e. The van der Waals surface area contributed by atoms with E-state index in [4.69, 9.17) is 11.5 Å². The van der Waals surface area contributed by atoms with E-state index >= 15 is 0 Å². The van der Waals surface area contributed by atoms with Gasteiger partial charge in [-0.05, 0) is 37.4 Å². The SMILES string of the molecule is CCNC(CC[C@@H](C(N)=O)N(CC)C(=O)C(c1ccccc1)c1ccccc1)C(N)=N[N+](=O)[O-]. The van der Waals surface area contributed by atoms with Gasteiger partial charge in [-0.1, -0.05) is 67.6 Å². The van der Waals surface area contributed by atoms with Crippen LogP contribution in [0.5, 0.6) is 0 Å². The Bertz CT molecular complexity index is 944. The molecule has 0 aromatic heterocycles. The van der Waals surface area contributed by atoms with E-state index in [9.17, 15) is 19.7 Å². The van der Waals surface area contributed by atoms with E-state index in [1.165, 1.54) is 4.90 Å². The Kier molecular flexibility index (Phi) is 10.2. The van der Waals surface area contributed by atoms with E-state index in [1.54, 1.807) is 6.92 Å². The molecule has 0 saturated carbocycles. The van der Waals surface area contributed by atoms with Crippen molar-refractivity contribution in [1.82, 2.24) is 10.2 Å². The second-order valence-electron chi connectivity index (χ2n) is 7.75. The van der Waals surface area contributed by atoms with Gasteiger partial charge < -0.3 is 21.7 Å². The fraction of sp³-hybridized carbons (Fsp3) is 0.375. The van der Waals surface area contributed by atoms with Crippen LogP contribution < -0.4 is 16.8 Å². The molecule has 0 radical (unpaired) electrons. The molecule has 0 heterocycles. The van der Waals surface area contributed by atoms with Gasteiger partial charge in [-0.15, -0.1) is 0 Å². The highest BCUT2D eigenvalue weighted by Gasteiger charge is 2.34. The lowest BCUT2D eigenvalue weighted by Gasteiger charge is -2.33. The first-order valence-corrected chi connectivity index (χ1v) is 11.2. The van der Waals surface area contributed by atoms with Crippen LogP contribution in [0.2, 0.25) is 0 Å². The molecule has 10 heteroatoms. The molecule has 2 aromatic carbocycles. The smallest absolute Gasteiger partial charge is 0.240 e. The number of hydrazone groups is 1. The van der Waals surface area contributed by atoms with Crippen LogP contribution in [-0.4, -0.2) is 52.8 Å². The molecule has 0 aliphatic rings. The number of amidine groups is 1. The predicted molar refractivity (Wildman–Crippen MR) is 130 cm³/mol. The van der Waals surface area contributed by atoms with Crippen molar-refractivity contribution in [2.75, 3.05) is 13.1 Å². The normalized spacial score (nSPS) is 13.3. The number of rotatable bonds is 13. The Hall–Kier alpha value is -3.79. The monoisotopic (exact) mass is 468 g/mol. The third-order valence-corrected chi connectivity index (χ3v) is 5.57. The van der Waals surface area contributed by atoms with Crippen LogP contribution in [0.1, 0.15) is 43.7 Å². The van der Waals surface area contributed by atoms with Crippen molar-refractivity contribution in [1.29, 1.82) is 0 Å². The fourth-order valence-electron chi connectivity index (χ4n) is 4.01. The number of carbonyl (C=O) groups excluding carboxylic acids is 2. The molecule has 2 atom stereocenters. The van der Waals surface area contributed by atoms with Crippen LogP contribution in [0.3, 0.4) is 0 Å². The Morgan fingerprint density at radius 3 is 1.94 bits per heavy atom. The molecule has 0 fully saturated rings. The standard InChI is InChI=1S/C24H32N6O4/c1-3-27-19(22(25)28-30(33)34)15-16-20(23(26)31)29(4-2)24(32)21(17-11-7-5-8-12-17)18-13-9-6-10-14-18/h5-14,19-21,27H,3-4,15-16H2,1-2H3,(H2,25,28)(H2,26,31)/t19?,20-/m0/s1. The molecule has 0 saturated heterocycles. The van der Waals surface area contributed by atoms with Crippen LogP contribution in [0.15, 0.2) is 65.8 Å². The minimum absolute atomic E-state index is 0.164. The van der Waals surface area contributed by atoms with Crippen LogP contribution >= 0.6 is 0 Å². The molecule has 2 amide bonds. The van der Waals surface area contributed by atoms with Crippen LogP contribution in [0.25, 0.3) is 0 Å². The quantitative estimate of drug-likeness (QED) is 0.176. The lowest BCUT2D eigenvalue weighted by Crippen LogP contribution is -2.51. The summed E-state index contributed by atoms with van der Waals surface area (Å²) in [6.07, 6.45) is 0.395. The Morgan fingerprint density at radius 1 is 1.00 bits per heavy atom. The second kappa shape index (κ2) is 13.0. The zero-order valence-corrected chi connectivity index (χ0v) is 19.5. The highest BCUT2D eigenvalue weighted by molar-refractivity contribution is 5.92. The van der Waals surface area contributed by atoms with Gasteiger partial charge in [0, 0.05) is 6.54 Å². The van der Waals surface area contributed by atoms with Crippen LogP contribution in [-0.2, 0) is 9.59 Å². The molecular formula is C24H32N6O4. The van der Waals surface area contributed by atoms with Crippen molar-refractivity contribution >= 4 is 17.6 Å². The van der Waals surface area contributed by atoms with Crippen molar-refractivity contribution < 1.29 is 14.6 Å². The zero-order valence-electron chi connectivity index (χ0n) is 19.5. The van der Waals surface area contributed by atoms with Crippen LogP contribution in [0, 0.1) is 10.1 Å². The second-order valence-corrected chi connectivity index (χ2v) is 7.75. The molecule has 182 valence electrons. The number of hydrogen-bond acceptors (Lipinski definition) is 5. The van der Waals surface area contributed by atoms with Gasteiger partial charge in [-0.2, -0.15) is 0 Å². The lowest BCUT2D eigenvalue weighted by molar-refractivity contribution is -0.485. The first kappa shape index (κ1) is 26.5. The first-order chi connectivity index (χ1) is 16.3. The molecule has 10 nitrogen and oxygen atoms in total. The number of benzene rings is 2. The summed E-state index contributed by atoms with van der Waals surface area (Å²) in [4.78, 5) is 38.5. The zero-order chi connectivity index (χ0) is 25.1. The van der Waals surface area contributed by atoms with E-state index in [-0.39, 0.29) is 31.1 Å². The third kappa shape index (κ3) is 7.11. The first-order valence-electron chi connectivity index (χ1n) is 11.2. The number of hydrogen-bond donors (Lipinski definition) is 3. The van der Waals surface area contributed by atoms with E-state index in [0.717, 1.165) is 11.1 Å². The molecule has 34 heavy (non-hydrogen) atoms. The number of carbonyl (C=O) groups is 2. The van der Waals surface area contributed by atoms with Crippen LogP contribution in [0.4, 0.5) is 0 Å². The fourth-order valence-corrected chi connectivity index (χ4v) is 4.01. The Balaban J connectivity index is 2.35. The topological polar surface area (TPSA) is 157 Å². The molecular weight excluding hydrogens is 436 g/mol. The Morgan fingerprint density at radius 2 is 1.53 bits per heavy atom. The minimum Gasteiger partial charge on any atom is -0.381 e. The summed E-state index contributed by atoms with van der Waals surface area (Å²) in [5.41, 5.74) is 13.1. The summed E-state index contributed by atoms with van der Waals surface area (Å²) in [5, 5.41) is 16.1. The molecule has 2 aromatic rings. The minimum atomic E-state index is -0.919. The van der Waals surface area contributed by atoms with E-state index < -0.39 is 28.9 Å². The number of nitro groups is 1. The average molecular weight is 469 g/mol. The maximum absolute atomic E-state index is 13.8. The highest BCUT2D eigenvalue weighted by atomic mass is 16.7. The molecule has 5 N–H and O–H groups in total. The lowest BCUT2D eigenvalue weighted by atomic mass is 9.89. The number of nitrogens with one attached hydrogen (secondary N) is 1. The van der Waals surface area contributed by atoms with E-state index in [0.29, 0.717) is 6.54 Å². The van der Waals surface area contributed by atoms with Gasteiger partial charge in [0.1, 0.15) is 6.04 Å². The number of nitrogens with zero attached hydrogens (tertiary/aromatic N) is 3. The highest BCUT2D eigenvalue weighted by Crippen LogP contribution is 2.28. The molecule has 2 rings (SSSR count). The summed E-state index contributed by atoms with van der Waals surface area (Å²) in [6, 6.07) is 17.1. The van der Waals surface area contributed by atoms with Gasteiger partial charge in [0.15, 0.2) is 10.9 Å². The van der Waals surface area contributed by atoms with Gasteiger partial charge in [-0.25, -0.2) is 10.1 Å². The van der Waals surface area contributed by atoms with Gasteiger partial charge in [0.05, 0.1) is 17.1 Å². The van der Waals surface area contributed by atoms with Crippen molar-refractivity contribution in [3.05, 3.63) is 81.9 Å². The molecule has 0 bridgehead atoms. The largest absolute Gasteiger partial charge is 0.381 e. The number of amides is 2. The van der Waals surface area contributed by atoms with Gasteiger partial charge in [-0.3, -0.25) is 9.59 Å². The van der Waals surface area contributed by atoms with Crippen molar-refractivity contribution in [3.63, 3.8) is 0 Å².